The number of urea groups is 1. The molecule has 2 rings (SSSR count). The number of benzene rings is 2. The van der Waals surface area contributed by atoms with Crippen molar-refractivity contribution >= 4 is 11.7 Å². The zero-order chi connectivity index (χ0) is 19.5. The first-order valence-electron chi connectivity index (χ1n) is 9.32. The lowest BCUT2D eigenvalue weighted by Gasteiger charge is -2.13. The van der Waals surface area contributed by atoms with Gasteiger partial charge in [0.15, 0.2) is 18.2 Å². The molecule has 0 radical (unpaired) electrons. The van der Waals surface area contributed by atoms with Crippen LogP contribution in [0.25, 0.3) is 0 Å². The highest BCUT2D eigenvalue weighted by molar-refractivity contribution is 5.89. The Labute approximate surface area is 160 Å². The quantitative estimate of drug-likeness (QED) is 0.598. The van der Waals surface area contributed by atoms with E-state index in [1.165, 1.54) is 5.56 Å². The van der Waals surface area contributed by atoms with Crippen molar-refractivity contribution in [1.29, 1.82) is 0 Å². The molecule has 2 N–H and O–H groups in total. The van der Waals surface area contributed by atoms with Crippen molar-refractivity contribution in [3.05, 3.63) is 48.0 Å². The topological polar surface area (TPSA) is 68.8 Å². The molecule has 0 heterocycles. The fourth-order valence-electron chi connectivity index (χ4n) is 2.53. The lowest BCUT2D eigenvalue weighted by atomic mass is 10.1. The molecule has 2 aromatic carbocycles. The lowest BCUT2D eigenvalue weighted by Crippen LogP contribution is -2.32. The summed E-state index contributed by atoms with van der Waals surface area (Å²) in [5.41, 5.74) is 1.89. The van der Waals surface area contributed by atoms with Gasteiger partial charge in [0, 0.05) is 11.8 Å². The van der Waals surface area contributed by atoms with Gasteiger partial charge in [0.1, 0.15) is 5.75 Å². The summed E-state index contributed by atoms with van der Waals surface area (Å²) in [5.74, 6) is 1.97. The summed E-state index contributed by atoms with van der Waals surface area (Å²) in [6.45, 7) is 7.09. The molecule has 146 valence electrons. The third-order valence-corrected chi connectivity index (χ3v) is 3.73. The van der Waals surface area contributed by atoms with Crippen LogP contribution in [0.3, 0.4) is 0 Å². The number of hydrogen-bond donors (Lipinski definition) is 2. The molecule has 0 aliphatic heterocycles. The number of ether oxygens (including phenoxy) is 3. The van der Waals surface area contributed by atoms with Gasteiger partial charge in [0.2, 0.25) is 0 Å². The first-order chi connectivity index (χ1) is 13.2. The predicted molar refractivity (Wildman–Crippen MR) is 107 cm³/mol. The fraction of sp³-hybridized carbons (Fsp3) is 0.381. The standard InChI is InChI=1S/C21H28N2O4/c1-4-7-16-8-11-18(12-9-16)27-15-22-21(24)23-17-10-13-19(25-5-2)20(14-17)26-6-3/h8-14H,4-7,15H2,1-3H3,(H2,22,23,24). The van der Waals surface area contributed by atoms with E-state index in [9.17, 15) is 4.79 Å². The molecule has 27 heavy (non-hydrogen) atoms. The SMILES string of the molecule is CCCc1ccc(OCNC(=O)Nc2ccc(OCC)c(OCC)c2)cc1. The van der Waals surface area contributed by atoms with Crippen LogP contribution >= 0.6 is 0 Å². The first kappa shape index (κ1) is 20.4. The van der Waals surface area contributed by atoms with Crippen molar-refractivity contribution < 1.29 is 19.0 Å². The molecule has 0 aliphatic rings. The number of amides is 2. The van der Waals surface area contributed by atoms with Gasteiger partial charge in [-0.05, 0) is 50.1 Å². The minimum atomic E-state index is -0.357. The predicted octanol–water partition coefficient (Wildman–Crippen LogP) is 4.59. The number of rotatable bonds is 10. The fourth-order valence-corrected chi connectivity index (χ4v) is 2.53. The molecule has 0 saturated carbocycles. The Kier molecular flexibility index (Phi) is 8.29. The normalized spacial score (nSPS) is 10.2. The molecular formula is C21H28N2O4. The van der Waals surface area contributed by atoms with E-state index in [1.807, 2.05) is 38.1 Å². The molecule has 6 heteroatoms. The number of nitrogens with one attached hydrogen (secondary N) is 2. The lowest BCUT2D eigenvalue weighted by molar-refractivity contribution is 0.234. The third kappa shape index (κ3) is 6.73. The van der Waals surface area contributed by atoms with E-state index >= 15 is 0 Å². The summed E-state index contributed by atoms with van der Waals surface area (Å²) in [4.78, 5) is 12.0. The molecule has 0 aromatic heterocycles. The Morgan fingerprint density at radius 1 is 0.889 bits per heavy atom. The summed E-state index contributed by atoms with van der Waals surface area (Å²) in [6, 6.07) is 12.8. The van der Waals surface area contributed by atoms with Crippen molar-refractivity contribution in [3.63, 3.8) is 0 Å². The zero-order valence-corrected chi connectivity index (χ0v) is 16.2. The molecular weight excluding hydrogens is 344 g/mol. The summed E-state index contributed by atoms with van der Waals surface area (Å²) < 4.78 is 16.6. The molecule has 0 fully saturated rings. The number of carbonyl (C=O) groups is 1. The summed E-state index contributed by atoms with van der Waals surface area (Å²) in [5, 5.41) is 5.42. The van der Waals surface area contributed by atoms with E-state index in [0.29, 0.717) is 30.4 Å². The van der Waals surface area contributed by atoms with Gasteiger partial charge < -0.3 is 24.8 Å². The molecule has 2 amide bonds. The number of carbonyl (C=O) groups excluding carboxylic acids is 1. The molecule has 6 nitrogen and oxygen atoms in total. The highest BCUT2D eigenvalue weighted by atomic mass is 16.5. The van der Waals surface area contributed by atoms with Gasteiger partial charge in [0.25, 0.3) is 0 Å². The van der Waals surface area contributed by atoms with Crippen LogP contribution in [0, 0.1) is 0 Å². The minimum Gasteiger partial charge on any atom is -0.490 e. The van der Waals surface area contributed by atoms with Crippen LogP contribution in [-0.4, -0.2) is 26.0 Å². The molecule has 0 unspecified atom stereocenters. The average Bonchev–Trinajstić information content (AvgIpc) is 2.66. The highest BCUT2D eigenvalue weighted by Crippen LogP contribution is 2.30. The Morgan fingerprint density at radius 2 is 1.59 bits per heavy atom. The van der Waals surface area contributed by atoms with Crippen molar-refractivity contribution in [3.8, 4) is 17.2 Å². The van der Waals surface area contributed by atoms with Crippen LogP contribution in [0.2, 0.25) is 0 Å². The second kappa shape index (κ2) is 11.0. The Hall–Kier alpha value is -2.89. The highest BCUT2D eigenvalue weighted by Gasteiger charge is 2.08. The van der Waals surface area contributed by atoms with E-state index in [-0.39, 0.29) is 12.8 Å². The number of aryl methyl sites for hydroxylation is 1. The van der Waals surface area contributed by atoms with Crippen LogP contribution in [0.4, 0.5) is 10.5 Å². The van der Waals surface area contributed by atoms with Gasteiger partial charge in [0.05, 0.1) is 13.2 Å². The molecule has 0 spiro atoms. The molecule has 0 aliphatic carbocycles. The maximum atomic E-state index is 12.0. The van der Waals surface area contributed by atoms with Crippen molar-refractivity contribution in [2.75, 3.05) is 25.3 Å². The maximum Gasteiger partial charge on any atom is 0.321 e. The molecule has 0 bridgehead atoms. The van der Waals surface area contributed by atoms with Crippen LogP contribution in [-0.2, 0) is 6.42 Å². The summed E-state index contributed by atoms with van der Waals surface area (Å²) in [7, 11) is 0. The van der Waals surface area contributed by atoms with Gasteiger partial charge in [-0.15, -0.1) is 0 Å². The Bertz CT molecular complexity index is 717. The van der Waals surface area contributed by atoms with E-state index in [1.54, 1.807) is 18.2 Å². The molecule has 2 aromatic rings. The smallest absolute Gasteiger partial charge is 0.321 e. The molecule has 0 saturated heterocycles. The van der Waals surface area contributed by atoms with Gasteiger partial charge >= 0.3 is 6.03 Å². The van der Waals surface area contributed by atoms with E-state index in [0.717, 1.165) is 18.6 Å². The van der Waals surface area contributed by atoms with E-state index in [4.69, 9.17) is 14.2 Å². The maximum absolute atomic E-state index is 12.0. The average molecular weight is 372 g/mol. The second-order valence-corrected chi connectivity index (χ2v) is 5.84. The van der Waals surface area contributed by atoms with Crippen molar-refractivity contribution in [2.45, 2.75) is 33.6 Å². The molecule has 0 atom stereocenters. The Morgan fingerprint density at radius 3 is 2.26 bits per heavy atom. The van der Waals surface area contributed by atoms with Crippen molar-refractivity contribution in [2.24, 2.45) is 0 Å². The zero-order valence-electron chi connectivity index (χ0n) is 16.2. The van der Waals surface area contributed by atoms with Gasteiger partial charge in [-0.3, -0.25) is 0 Å². The van der Waals surface area contributed by atoms with Crippen LogP contribution in [0.1, 0.15) is 32.8 Å². The van der Waals surface area contributed by atoms with E-state index in [2.05, 4.69) is 17.6 Å². The first-order valence-corrected chi connectivity index (χ1v) is 9.32. The van der Waals surface area contributed by atoms with Crippen molar-refractivity contribution in [1.82, 2.24) is 5.32 Å². The minimum absolute atomic E-state index is 0.0777. The largest absolute Gasteiger partial charge is 0.490 e. The summed E-state index contributed by atoms with van der Waals surface area (Å²) in [6.07, 6.45) is 2.16. The second-order valence-electron chi connectivity index (χ2n) is 5.84. The van der Waals surface area contributed by atoms with Gasteiger partial charge in [-0.1, -0.05) is 25.5 Å². The number of hydrogen-bond acceptors (Lipinski definition) is 4. The van der Waals surface area contributed by atoms with Crippen LogP contribution < -0.4 is 24.8 Å². The van der Waals surface area contributed by atoms with Crippen LogP contribution in [0.5, 0.6) is 17.2 Å². The van der Waals surface area contributed by atoms with Gasteiger partial charge in [-0.25, -0.2) is 4.79 Å². The van der Waals surface area contributed by atoms with Gasteiger partial charge in [-0.2, -0.15) is 0 Å². The number of anilines is 1. The monoisotopic (exact) mass is 372 g/mol. The summed E-state index contributed by atoms with van der Waals surface area (Å²) >= 11 is 0. The Balaban J connectivity index is 1.83. The third-order valence-electron chi connectivity index (χ3n) is 3.73. The van der Waals surface area contributed by atoms with Crippen LogP contribution in [0.15, 0.2) is 42.5 Å². The van der Waals surface area contributed by atoms with E-state index < -0.39 is 0 Å².